The van der Waals surface area contributed by atoms with Crippen LogP contribution in [0.3, 0.4) is 0 Å². The molecule has 0 atom stereocenters. The summed E-state index contributed by atoms with van der Waals surface area (Å²) < 4.78 is 5.09. The van der Waals surface area contributed by atoms with E-state index in [0.717, 1.165) is 6.42 Å². The first-order valence-electron chi connectivity index (χ1n) is 15.7. The van der Waals surface area contributed by atoms with Gasteiger partial charge < -0.3 is 0 Å². The van der Waals surface area contributed by atoms with Gasteiger partial charge in [0.2, 0.25) is 0 Å². The summed E-state index contributed by atoms with van der Waals surface area (Å²) in [6.07, 6.45) is 5.44. The van der Waals surface area contributed by atoms with Crippen LogP contribution >= 0.6 is 32.0 Å². The third-order valence-corrected chi connectivity index (χ3v) is 12.1. The molecule has 0 saturated heterocycles. The van der Waals surface area contributed by atoms with Crippen molar-refractivity contribution in [2.75, 3.05) is 40.0 Å². The average Bonchev–Trinajstić information content (AvgIpc) is 3.69. The van der Waals surface area contributed by atoms with Crippen molar-refractivity contribution in [1.82, 2.24) is 8.68 Å². The van der Waals surface area contributed by atoms with E-state index in [0.29, 0.717) is 0 Å². The van der Waals surface area contributed by atoms with E-state index < -0.39 is 16.1 Å². The van der Waals surface area contributed by atoms with Gasteiger partial charge in [-0.2, -0.15) is 0 Å². The molecule has 0 unspecified atom stereocenters. The first-order valence-corrected chi connectivity index (χ1v) is 24.6. The molecule has 0 N–H and O–H groups in total. The maximum absolute atomic E-state index is 2.55. The van der Waals surface area contributed by atoms with Gasteiger partial charge in [0.15, 0.2) is 16.1 Å². The zero-order valence-electron chi connectivity index (χ0n) is 27.9. The molecule has 0 aliphatic heterocycles. The second kappa shape index (κ2) is 20.1. The zero-order valence-corrected chi connectivity index (χ0v) is 32.9. The van der Waals surface area contributed by atoms with Gasteiger partial charge in [-0.15, -0.1) is 0 Å². The fraction of sp³-hybridized carbons (Fsp3) is 0.179. The van der Waals surface area contributed by atoms with E-state index >= 15 is 0 Å². The Morgan fingerprint density at radius 3 is 0.848 bits per heavy atom. The molecular weight excluding hydrogens is 679 g/mol. The number of rotatable bonds is 8. The van der Waals surface area contributed by atoms with E-state index in [2.05, 4.69) is 207 Å². The molecule has 0 aliphatic carbocycles. The normalized spacial score (nSPS) is 10.7. The largest absolute Gasteiger partial charge is 0.222 e. The standard InChI is InChI=1S/C33H28N2P2.2C3H9P.Ni/c1-5-17-30(18-6-1)36(31-19-7-2-8-20-31)34-25-13-15-28(34)27-29-16-14-26-35(29)37(32-21-9-3-10-22-32)33-23-11-4-12-24-33;2*1-4(2)3;/h1-26H,27H2;2*1-3H3;/p+4. The molecule has 2 heterocycles. The number of nitrogens with zero attached hydrogens (tertiary/aromatic N) is 2. The van der Waals surface area contributed by atoms with Crippen molar-refractivity contribution in [2.24, 2.45) is 0 Å². The third-order valence-electron chi connectivity index (χ3n) is 6.70. The minimum absolute atomic E-state index is 0. The average molecular weight is 729 g/mol. The Kier molecular flexibility index (Phi) is 16.7. The van der Waals surface area contributed by atoms with E-state index in [9.17, 15) is 0 Å². The van der Waals surface area contributed by atoms with Gasteiger partial charge in [0.25, 0.3) is 0 Å². The molecule has 7 heteroatoms. The summed E-state index contributed by atoms with van der Waals surface area (Å²) in [5.74, 6) is 0. The van der Waals surface area contributed by atoms with E-state index in [4.69, 9.17) is 0 Å². The Labute approximate surface area is 292 Å². The molecule has 0 bridgehead atoms. The Morgan fingerprint density at radius 2 is 0.609 bits per heavy atom. The van der Waals surface area contributed by atoms with Crippen molar-refractivity contribution >= 4 is 53.2 Å². The zero-order chi connectivity index (χ0) is 32.0. The molecule has 6 rings (SSSR count). The second-order valence-corrected chi connectivity index (χ2v) is 22.7. The SMILES string of the molecule is C[PH+](C)C.C[PH+](C)C.[Ni].c1ccc([PH+](c2ccccc2)n2cccc2Cc2cccn2[PH+](c2ccccc2)c2ccccc2)cc1. The molecule has 46 heavy (non-hydrogen) atoms. The molecule has 0 spiro atoms. The van der Waals surface area contributed by atoms with Crippen molar-refractivity contribution in [3.8, 4) is 0 Å². The summed E-state index contributed by atoms with van der Waals surface area (Å²) in [4.78, 5) is 0. The molecule has 0 amide bonds. The molecule has 0 saturated carbocycles. The van der Waals surface area contributed by atoms with Crippen LogP contribution in [-0.4, -0.2) is 48.7 Å². The van der Waals surface area contributed by atoms with Crippen LogP contribution in [0.5, 0.6) is 0 Å². The van der Waals surface area contributed by atoms with Crippen LogP contribution in [-0.2, 0) is 22.9 Å². The maximum atomic E-state index is 2.55. The Balaban J connectivity index is 0.000000577. The minimum Gasteiger partial charge on any atom is -0.222 e. The molecule has 242 valence electrons. The summed E-state index contributed by atoms with van der Waals surface area (Å²) in [5.41, 5.74) is 2.70. The van der Waals surface area contributed by atoms with Crippen molar-refractivity contribution in [3.63, 3.8) is 0 Å². The maximum Gasteiger partial charge on any atom is 0.162 e. The molecule has 2 nitrogen and oxygen atoms in total. The molecule has 0 fully saturated rings. The minimum atomic E-state index is -1.19. The Bertz CT molecular complexity index is 1440. The fourth-order valence-corrected chi connectivity index (χ4v) is 10.2. The van der Waals surface area contributed by atoms with Crippen molar-refractivity contribution in [3.05, 3.63) is 169 Å². The number of benzene rings is 4. The van der Waals surface area contributed by atoms with Crippen LogP contribution in [0.25, 0.3) is 0 Å². The molecule has 2 aromatic heterocycles. The summed E-state index contributed by atoms with van der Waals surface area (Å²) >= 11 is 0. The monoisotopic (exact) mass is 728 g/mol. The summed E-state index contributed by atoms with van der Waals surface area (Å²) in [6, 6.07) is 52.9. The van der Waals surface area contributed by atoms with Gasteiger partial charge in [-0.25, -0.2) is 8.68 Å². The molecule has 6 aromatic rings. The number of hydrogen-bond acceptors (Lipinski definition) is 0. The number of aromatic nitrogens is 2. The fourth-order valence-electron chi connectivity index (χ4n) is 5.02. The molecule has 4 aromatic carbocycles. The molecule has 0 radical (unpaired) electrons. The van der Waals surface area contributed by atoms with Gasteiger partial charge in [0.05, 0.1) is 11.4 Å². The summed E-state index contributed by atoms with van der Waals surface area (Å²) in [5, 5.41) is 5.57. The van der Waals surface area contributed by atoms with E-state index in [1.54, 1.807) is 0 Å². The van der Waals surface area contributed by atoms with Crippen LogP contribution in [0.1, 0.15) is 11.4 Å². The van der Waals surface area contributed by atoms with Crippen molar-refractivity contribution in [1.29, 1.82) is 0 Å². The predicted octanol–water partition coefficient (Wildman–Crippen LogP) is 8.31. The van der Waals surface area contributed by atoms with E-state index in [-0.39, 0.29) is 32.3 Å². The molecular formula is C39H50N2NiP4+4. The Hall–Kier alpha value is -2.35. The van der Waals surface area contributed by atoms with Crippen LogP contribution < -0.4 is 21.2 Å². The first-order chi connectivity index (χ1) is 21.8. The predicted molar refractivity (Wildman–Crippen MR) is 216 cm³/mol. The van der Waals surface area contributed by atoms with Crippen LogP contribution in [0.4, 0.5) is 0 Å². The van der Waals surface area contributed by atoms with Gasteiger partial charge in [-0.3, -0.25) is 0 Å². The summed E-state index contributed by atoms with van der Waals surface area (Å²) in [7, 11) is -2.13. The number of hydrogen-bond donors (Lipinski definition) is 0. The smallest absolute Gasteiger partial charge is 0.162 e. The van der Waals surface area contributed by atoms with Gasteiger partial charge in [-0.05, 0) is 88.6 Å². The van der Waals surface area contributed by atoms with Gasteiger partial charge in [-0.1, -0.05) is 72.8 Å². The van der Waals surface area contributed by atoms with Gasteiger partial charge in [0, 0.05) is 75.3 Å². The van der Waals surface area contributed by atoms with Crippen LogP contribution in [0.15, 0.2) is 158 Å². The van der Waals surface area contributed by atoms with Crippen molar-refractivity contribution < 1.29 is 16.5 Å². The van der Waals surface area contributed by atoms with Crippen molar-refractivity contribution in [2.45, 2.75) is 6.42 Å². The first kappa shape index (κ1) is 38.1. The quantitative estimate of drug-likeness (QED) is 0.110. The van der Waals surface area contributed by atoms with Crippen LogP contribution in [0.2, 0.25) is 0 Å². The van der Waals surface area contributed by atoms with E-state index in [1.165, 1.54) is 32.6 Å². The van der Waals surface area contributed by atoms with Crippen LogP contribution in [0, 0.1) is 0 Å². The second-order valence-electron chi connectivity index (χ2n) is 12.1. The molecule has 0 aliphatic rings. The Morgan fingerprint density at radius 1 is 0.370 bits per heavy atom. The summed E-state index contributed by atoms with van der Waals surface area (Å²) in [6.45, 7) is 13.6. The third kappa shape index (κ3) is 11.4. The van der Waals surface area contributed by atoms with Gasteiger partial charge >= 0.3 is 0 Å². The van der Waals surface area contributed by atoms with Gasteiger partial charge in [0.1, 0.15) is 21.2 Å². The topological polar surface area (TPSA) is 9.86 Å². The van der Waals surface area contributed by atoms with E-state index in [1.807, 2.05) is 0 Å².